The minimum absolute atomic E-state index is 0.0418. The van der Waals surface area contributed by atoms with Gasteiger partial charge in [0.05, 0.1) is 11.6 Å². The molecule has 0 spiro atoms. The number of amides is 1. The monoisotopic (exact) mass is 348 g/mol. The predicted octanol–water partition coefficient (Wildman–Crippen LogP) is 2.57. The van der Waals surface area contributed by atoms with Crippen LogP contribution in [0.1, 0.15) is 28.8 Å². The number of nitriles is 1. The van der Waals surface area contributed by atoms with Crippen molar-refractivity contribution >= 4 is 5.91 Å². The highest BCUT2D eigenvalue weighted by molar-refractivity contribution is 5.94. The smallest absolute Gasteiger partial charge is 0.251 e. The van der Waals surface area contributed by atoms with E-state index in [0.29, 0.717) is 28.7 Å². The molecule has 1 unspecified atom stereocenters. The summed E-state index contributed by atoms with van der Waals surface area (Å²) in [5.74, 6) is 1.49. The van der Waals surface area contributed by atoms with Crippen LogP contribution in [0.4, 0.5) is 0 Å². The zero-order valence-corrected chi connectivity index (χ0v) is 14.4. The van der Waals surface area contributed by atoms with E-state index in [1.54, 1.807) is 36.4 Å². The van der Waals surface area contributed by atoms with Crippen molar-refractivity contribution in [2.75, 3.05) is 19.6 Å². The summed E-state index contributed by atoms with van der Waals surface area (Å²) in [6, 6.07) is 12.5. The van der Waals surface area contributed by atoms with Crippen molar-refractivity contribution in [1.29, 1.82) is 5.26 Å². The van der Waals surface area contributed by atoms with Gasteiger partial charge in [-0.25, -0.2) is 4.98 Å². The van der Waals surface area contributed by atoms with E-state index in [9.17, 15) is 4.79 Å². The summed E-state index contributed by atoms with van der Waals surface area (Å²) in [4.78, 5) is 19.0. The Labute approximate surface area is 152 Å². The molecule has 132 valence electrons. The number of carbonyl (C=O) groups is 1. The normalized spacial score (nSPS) is 23.9. The first-order chi connectivity index (χ1) is 12.7. The SMILES string of the molecule is N#Cc1ccnc(Oc2ccc(C(=O)NC3CN4CCC3CC4)cc2)c1. The quantitative estimate of drug-likeness (QED) is 0.919. The van der Waals surface area contributed by atoms with Gasteiger partial charge < -0.3 is 15.0 Å². The van der Waals surface area contributed by atoms with E-state index in [4.69, 9.17) is 10.00 Å². The maximum Gasteiger partial charge on any atom is 0.251 e. The van der Waals surface area contributed by atoms with E-state index in [1.165, 1.54) is 19.0 Å². The van der Waals surface area contributed by atoms with Gasteiger partial charge in [-0.3, -0.25) is 4.79 Å². The molecule has 0 saturated carbocycles. The van der Waals surface area contributed by atoms with Crippen LogP contribution in [-0.2, 0) is 0 Å². The summed E-state index contributed by atoms with van der Waals surface area (Å²) in [6.45, 7) is 3.27. The predicted molar refractivity (Wildman–Crippen MR) is 95.9 cm³/mol. The first-order valence-electron chi connectivity index (χ1n) is 8.88. The van der Waals surface area contributed by atoms with Crippen molar-refractivity contribution < 1.29 is 9.53 Å². The lowest BCUT2D eigenvalue weighted by Gasteiger charge is -2.44. The third-order valence-corrected chi connectivity index (χ3v) is 5.18. The van der Waals surface area contributed by atoms with Crippen molar-refractivity contribution in [3.05, 3.63) is 53.7 Å². The van der Waals surface area contributed by atoms with E-state index in [2.05, 4.69) is 21.3 Å². The minimum Gasteiger partial charge on any atom is -0.439 e. The molecule has 6 heteroatoms. The molecule has 2 aromatic rings. The van der Waals surface area contributed by atoms with E-state index in [-0.39, 0.29) is 11.9 Å². The molecular formula is C20H20N4O2. The topological polar surface area (TPSA) is 78.2 Å². The van der Waals surface area contributed by atoms with Gasteiger partial charge in [-0.1, -0.05) is 0 Å². The average Bonchev–Trinajstić information content (AvgIpc) is 2.69. The summed E-state index contributed by atoms with van der Waals surface area (Å²) in [7, 11) is 0. The van der Waals surface area contributed by atoms with Gasteiger partial charge in [0.15, 0.2) is 0 Å². The van der Waals surface area contributed by atoms with Gasteiger partial charge in [0.1, 0.15) is 5.75 Å². The maximum absolute atomic E-state index is 12.5. The van der Waals surface area contributed by atoms with Gasteiger partial charge in [0.25, 0.3) is 5.91 Å². The van der Waals surface area contributed by atoms with E-state index in [1.807, 2.05) is 0 Å². The Morgan fingerprint density at radius 1 is 1.23 bits per heavy atom. The molecule has 2 bridgehead atoms. The van der Waals surface area contributed by atoms with Crippen LogP contribution < -0.4 is 10.1 Å². The molecule has 1 N–H and O–H groups in total. The van der Waals surface area contributed by atoms with Gasteiger partial charge >= 0.3 is 0 Å². The molecule has 1 aromatic carbocycles. The summed E-state index contributed by atoms with van der Waals surface area (Å²) in [6.07, 6.45) is 3.88. The second-order valence-corrected chi connectivity index (χ2v) is 6.84. The number of aromatic nitrogens is 1. The summed E-state index contributed by atoms with van der Waals surface area (Å²) < 4.78 is 5.65. The van der Waals surface area contributed by atoms with Crippen LogP contribution in [0.15, 0.2) is 42.6 Å². The number of hydrogen-bond acceptors (Lipinski definition) is 5. The Hall–Kier alpha value is -2.91. The molecule has 0 radical (unpaired) electrons. The molecule has 5 rings (SSSR count). The number of nitrogens with one attached hydrogen (secondary N) is 1. The zero-order chi connectivity index (χ0) is 17.9. The molecule has 1 atom stereocenters. The van der Waals surface area contributed by atoms with Crippen molar-refractivity contribution in [2.24, 2.45) is 5.92 Å². The van der Waals surface area contributed by atoms with Gasteiger partial charge in [0.2, 0.25) is 5.88 Å². The van der Waals surface area contributed by atoms with Crippen LogP contribution >= 0.6 is 0 Å². The Bertz CT molecular complexity index is 836. The number of hydrogen-bond donors (Lipinski definition) is 1. The average molecular weight is 348 g/mol. The second-order valence-electron chi connectivity index (χ2n) is 6.84. The fourth-order valence-electron chi connectivity index (χ4n) is 3.71. The Kier molecular flexibility index (Phi) is 4.55. The molecule has 1 amide bonds. The van der Waals surface area contributed by atoms with Crippen molar-refractivity contribution in [3.63, 3.8) is 0 Å². The molecule has 1 aromatic heterocycles. The first-order valence-corrected chi connectivity index (χ1v) is 8.88. The Morgan fingerprint density at radius 3 is 2.65 bits per heavy atom. The lowest BCUT2D eigenvalue weighted by molar-refractivity contribution is 0.0620. The Morgan fingerprint density at radius 2 is 2.00 bits per heavy atom. The van der Waals surface area contributed by atoms with Gasteiger partial charge in [-0.05, 0) is 62.2 Å². The fraction of sp³-hybridized carbons (Fsp3) is 0.350. The number of pyridine rings is 1. The van der Waals surface area contributed by atoms with Crippen molar-refractivity contribution in [2.45, 2.75) is 18.9 Å². The van der Waals surface area contributed by atoms with E-state index >= 15 is 0 Å². The molecule has 6 nitrogen and oxygen atoms in total. The number of carbonyl (C=O) groups excluding carboxylic acids is 1. The van der Waals surface area contributed by atoms with Crippen LogP contribution in [0.5, 0.6) is 11.6 Å². The number of rotatable bonds is 4. The van der Waals surface area contributed by atoms with Crippen LogP contribution in [0.3, 0.4) is 0 Å². The highest BCUT2D eigenvalue weighted by Crippen LogP contribution is 2.28. The molecule has 3 aliphatic rings. The molecular weight excluding hydrogens is 328 g/mol. The van der Waals surface area contributed by atoms with Crippen LogP contribution in [0, 0.1) is 17.2 Å². The highest BCUT2D eigenvalue weighted by Gasteiger charge is 2.34. The third kappa shape index (κ3) is 3.53. The molecule has 0 aliphatic carbocycles. The Balaban J connectivity index is 1.39. The van der Waals surface area contributed by atoms with Gasteiger partial charge in [0, 0.05) is 30.4 Å². The molecule has 3 saturated heterocycles. The first kappa shape index (κ1) is 16.6. The van der Waals surface area contributed by atoms with E-state index < -0.39 is 0 Å². The fourth-order valence-corrected chi connectivity index (χ4v) is 3.71. The van der Waals surface area contributed by atoms with Crippen molar-refractivity contribution in [1.82, 2.24) is 15.2 Å². The molecule has 4 heterocycles. The highest BCUT2D eigenvalue weighted by atomic mass is 16.5. The standard InChI is InChI=1S/C20H20N4O2/c21-12-14-5-8-22-19(11-14)26-17-3-1-16(2-4-17)20(25)23-18-13-24-9-6-15(18)7-10-24/h1-5,8,11,15,18H,6-7,9-10,13H2,(H,23,25). The number of nitrogens with zero attached hydrogens (tertiary/aromatic N) is 3. The summed E-state index contributed by atoms with van der Waals surface area (Å²) in [5.41, 5.74) is 1.11. The van der Waals surface area contributed by atoms with E-state index in [0.717, 1.165) is 19.6 Å². The summed E-state index contributed by atoms with van der Waals surface area (Å²) >= 11 is 0. The zero-order valence-electron chi connectivity index (χ0n) is 14.4. The second kappa shape index (κ2) is 7.14. The maximum atomic E-state index is 12.5. The number of piperidine rings is 3. The third-order valence-electron chi connectivity index (χ3n) is 5.18. The van der Waals surface area contributed by atoms with Crippen LogP contribution in [-0.4, -0.2) is 41.5 Å². The van der Waals surface area contributed by atoms with Crippen LogP contribution in [0.25, 0.3) is 0 Å². The largest absolute Gasteiger partial charge is 0.439 e. The van der Waals surface area contributed by atoms with Gasteiger partial charge in [-0.15, -0.1) is 0 Å². The number of ether oxygens (including phenoxy) is 1. The minimum atomic E-state index is -0.0418. The summed E-state index contributed by atoms with van der Waals surface area (Å²) in [5, 5.41) is 12.1. The number of benzene rings is 1. The molecule has 26 heavy (non-hydrogen) atoms. The van der Waals surface area contributed by atoms with Crippen LogP contribution in [0.2, 0.25) is 0 Å². The van der Waals surface area contributed by atoms with Crippen molar-refractivity contribution in [3.8, 4) is 17.7 Å². The lowest BCUT2D eigenvalue weighted by atomic mass is 9.84. The molecule has 3 aliphatic heterocycles. The number of fused-ring (bicyclic) bond motifs is 3. The molecule has 3 fully saturated rings. The lowest BCUT2D eigenvalue weighted by Crippen LogP contribution is -2.57. The van der Waals surface area contributed by atoms with Gasteiger partial charge in [-0.2, -0.15) is 5.26 Å².